The first-order valence-electron chi connectivity index (χ1n) is 8.64. The second-order valence-electron chi connectivity index (χ2n) is 6.51. The highest BCUT2D eigenvalue weighted by Gasteiger charge is 2.44. The van der Waals surface area contributed by atoms with E-state index in [1.54, 1.807) is 0 Å². The molecule has 0 radical (unpaired) electrons. The normalized spacial score (nSPS) is 19.1. The molecular weight excluding hydrogens is 256 g/mol. The molecule has 1 aromatic rings. The Kier molecular flexibility index (Phi) is 5.83. The lowest BCUT2D eigenvalue weighted by atomic mass is 9.82. The molecule has 2 heteroatoms. The van der Waals surface area contributed by atoms with Crippen molar-refractivity contribution in [3.63, 3.8) is 0 Å². The van der Waals surface area contributed by atoms with Crippen LogP contribution in [0.3, 0.4) is 0 Å². The first-order valence-corrected chi connectivity index (χ1v) is 8.64. The van der Waals surface area contributed by atoms with Crippen molar-refractivity contribution in [2.45, 2.75) is 64.5 Å². The molecule has 1 saturated carbocycles. The summed E-state index contributed by atoms with van der Waals surface area (Å²) in [5, 5.41) is 3.66. The zero-order valence-electron chi connectivity index (χ0n) is 14.3. The zero-order valence-corrected chi connectivity index (χ0v) is 14.3. The molecule has 1 N–H and O–H groups in total. The number of likely N-dealkylation sites (N-methyl/N-ethyl adjacent to an activating group) is 2. The highest BCUT2D eigenvalue weighted by atomic mass is 15.2. The predicted molar refractivity (Wildman–Crippen MR) is 91.9 cm³/mol. The van der Waals surface area contributed by atoms with Gasteiger partial charge in [-0.15, -0.1) is 0 Å². The van der Waals surface area contributed by atoms with Gasteiger partial charge in [0.25, 0.3) is 0 Å². The van der Waals surface area contributed by atoms with Gasteiger partial charge in [0.1, 0.15) is 0 Å². The number of benzene rings is 1. The summed E-state index contributed by atoms with van der Waals surface area (Å²) < 4.78 is 0. The molecule has 2 nitrogen and oxygen atoms in total. The van der Waals surface area contributed by atoms with E-state index < -0.39 is 0 Å². The van der Waals surface area contributed by atoms with Crippen molar-refractivity contribution in [2.75, 3.05) is 20.1 Å². The van der Waals surface area contributed by atoms with E-state index in [1.165, 1.54) is 36.8 Å². The van der Waals surface area contributed by atoms with Gasteiger partial charge in [-0.3, -0.25) is 4.90 Å². The summed E-state index contributed by atoms with van der Waals surface area (Å²) in [5.74, 6) is 0. The van der Waals surface area contributed by atoms with Gasteiger partial charge in [0, 0.05) is 11.6 Å². The van der Waals surface area contributed by atoms with Gasteiger partial charge >= 0.3 is 0 Å². The Bertz CT molecular complexity index is 414. The molecule has 1 fully saturated rings. The number of hydrogen-bond donors (Lipinski definition) is 1. The molecule has 1 aliphatic rings. The first-order chi connectivity index (χ1) is 10.2. The molecule has 0 aromatic heterocycles. The van der Waals surface area contributed by atoms with Crippen LogP contribution in [0.4, 0.5) is 0 Å². The third-order valence-electron chi connectivity index (χ3n) is 5.42. The number of nitrogens with zero attached hydrogens (tertiary/aromatic N) is 1. The Balaban J connectivity index is 2.21. The van der Waals surface area contributed by atoms with Crippen LogP contribution in [0.15, 0.2) is 24.3 Å². The van der Waals surface area contributed by atoms with Crippen LogP contribution < -0.4 is 5.32 Å². The van der Waals surface area contributed by atoms with E-state index in [1.807, 2.05) is 0 Å². The maximum absolute atomic E-state index is 3.66. The smallest absolute Gasteiger partial charge is 0.0365 e. The van der Waals surface area contributed by atoms with Crippen LogP contribution >= 0.6 is 0 Å². The van der Waals surface area contributed by atoms with Crippen LogP contribution in [-0.2, 0) is 6.42 Å². The Morgan fingerprint density at radius 2 is 1.67 bits per heavy atom. The van der Waals surface area contributed by atoms with Crippen molar-refractivity contribution in [1.29, 1.82) is 0 Å². The highest BCUT2D eigenvalue weighted by Crippen LogP contribution is 2.39. The standard InChI is InChI=1S/C19H32N2/c1-5-21(6-2)19(13-7-8-14-19)18(20-4)15-17-11-9-16(3)10-12-17/h9-12,18,20H,5-8,13-15H2,1-4H3. The monoisotopic (exact) mass is 288 g/mol. The van der Waals surface area contributed by atoms with Crippen molar-refractivity contribution in [1.82, 2.24) is 10.2 Å². The quantitative estimate of drug-likeness (QED) is 0.821. The van der Waals surface area contributed by atoms with Crippen LogP contribution in [0.1, 0.15) is 50.7 Å². The van der Waals surface area contributed by atoms with Gasteiger partial charge in [0.05, 0.1) is 0 Å². The Labute approximate surface area is 130 Å². The van der Waals surface area contributed by atoms with E-state index in [2.05, 4.69) is 62.3 Å². The summed E-state index contributed by atoms with van der Waals surface area (Å²) in [5.41, 5.74) is 3.15. The molecule has 0 bridgehead atoms. The van der Waals surface area contributed by atoms with E-state index in [-0.39, 0.29) is 0 Å². The van der Waals surface area contributed by atoms with Crippen LogP contribution in [0.25, 0.3) is 0 Å². The third kappa shape index (κ3) is 3.49. The number of rotatable bonds is 7. The van der Waals surface area contributed by atoms with Crippen molar-refractivity contribution in [2.24, 2.45) is 0 Å². The van der Waals surface area contributed by atoms with Crippen LogP contribution in [-0.4, -0.2) is 36.6 Å². The van der Waals surface area contributed by atoms with Crippen LogP contribution in [0.5, 0.6) is 0 Å². The van der Waals surface area contributed by atoms with Gasteiger partial charge in [0.15, 0.2) is 0 Å². The average Bonchev–Trinajstić information content (AvgIpc) is 2.98. The average molecular weight is 288 g/mol. The van der Waals surface area contributed by atoms with Crippen LogP contribution in [0.2, 0.25) is 0 Å². The molecule has 0 aliphatic heterocycles. The summed E-state index contributed by atoms with van der Waals surface area (Å²) in [6.45, 7) is 9.09. The molecule has 0 saturated heterocycles. The topological polar surface area (TPSA) is 15.3 Å². The Morgan fingerprint density at radius 1 is 1.10 bits per heavy atom. The van der Waals surface area contributed by atoms with Gasteiger partial charge in [-0.1, -0.05) is 56.5 Å². The summed E-state index contributed by atoms with van der Waals surface area (Å²) in [6, 6.07) is 9.61. The van der Waals surface area contributed by atoms with Gasteiger partial charge in [0.2, 0.25) is 0 Å². The molecule has 1 aliphatic carbocycles. The van der Waals surface area contributed by atoms with E-state index >= 15 is 0 Å². The summed E-state index contributed by atoms with van der Waals surface area (Å²) in [7, 11) is 2.14. The Hall–Kier alpha value is -0.860. The van der Waals surface area contributed by atoms with Gasteiger partial charge in [-0.2, -0.15) is 0 Å². The summed E-state index contributed by atoms with van der Waals surface area (Å²) in [6.07, 6.45) is 6.57. The summed E-state index contributed by atoms with van der Waals surface area (Å²) >= 11 is 0. The lowest BCUT2D eigenvalue weighted by molar-refractivity contribution is 0.0658. The van der Waals surface area contributed by atoms with Crippen molar-refractivity contribution < 1.29 is 0 Å². The lowest BCUT2D eigenvalue weighted by Crippen LogP contribution is -2.60. The molecule has 1 aromatic carbocycles. The molecule has 0 spiro atoms. The molecule has 2 rings (SSSR count). The fourth-order valence-electron chi connectivity index (χ4n) is 4.25. The fourth-order valence-corrected chi connectivity index (χ4v) is 4.25. The van der Waals surface area contributed by atoms with E-state index in [9.17, 15) is 0 Å². The van der Waals surface area contributed by atoms with E-state index in [0.717, 1.165) is 19.5 Å². The first kappa shape index (κ1) is 16.5. The van der Waals surface area contributed by atoms with E-state index in [0.29, 0.717) is 11.6 Å². The second-order valence-corrected chi connectivity index (χ2v) is 6.51. The minimum absolute atomic E-state index is 0.350. The summed E-state index contributed by atoms with van der Waals surface area (Å²) in [4.78, 5) is 2.70. The number of nitrogens with one attached hydrogen (secondary N) is 1. The minimum atomic E-state index is 0.350. The maximum atomic E-state index is 3.66. The van der Waals surface area contributed by atoms with Crippen LogP contribution in [0, 0.1) is 6.92 Å². The van der Waals surface area contributed by atoms with Crippen molar-refractivity contribution >= 4 is 0 Å². The fraction of sp³-hybridized carbons (Fsp3) is 0.684. The van der Waals surface area contributed by atoms with Gasteiger partial charge < -0.3 is 5.32 Å². The Morgan fingerprint density at radius 3 is 2.14 bits per heavy atom. The van der Waals surface area contributed by atoms with Gasteiger partial charge in [-0.25, -0.2) is 0 Å². The van der Waals surface area contributed by atoms with Crippen molar-refractivity contribution in [3.05, 3.63) is 35.4 Å². The second kappa shape index (κ2) is 7.42. The zero-order chi connectivity index (χ0) is 15.3. The number of hydrogen-bond acceptors (Lipinski definition) is 2. The molecule has 0 heterocycles. The van der Waals surface area contributed by atoms with Gasteiger partial charge in [-0.05, 0) is 51.9 Å². The molecule has 1 atom stereocenters. The minimum Gasteiger partial charge on any atom is -0.315 e. The molecule has 0 amide bonds. The molecule has 1 unspecified atom stereocenters. The van der Waals surface area contributed by atoms with E-state index in [4.69, 9.17) is 0 Å². The molecular formula is C19H32N2. The SMILES string of the molecule is CCN(CC)C1(C(Cc2ccc(C)cc2)NC)CCCC1. The molecule has 118 valence electrons. The maximum Gasteiger partial charge on any atom is 0.0365 e. The number of aryl methyl sites for hydroxylation is 1. The largest absolute Gasteiger partial charge is 0.315 e. The highest BCUT2D eigenvalue weighted by molar-refractivity contribution is 5.23. The molecule has 21 heavy (non-hydrogen) atoms. The third-order valence-corrected chi connectivity index (χ3v) is 5.42. The van der Waals surface area contributed by atoms with Crippen molar-refractivity contribution in [3.8, 4) is 0 Å². The predicted octanol–water partition coefficient (Wildman–Crippen LogP) is 3.78. The lowest BCUT2D eigenvalue weighted by Gasteiger charge is -2.46.